The van der Waals surface area contributed by atoms with Crippen molar-refractivity contribution in [2.45, 2.75) is 19.4 Å². The Bertz CT molecular complexity index is 409. The van der Waals surface area contributed by atoms with Gasteiger partial charge in [0.1, 0.15) is 6.04 Å². The summed E-state index contributed by atoms with van der Waals surface area (Å²) in [6.45, 7) is 6.19. The highest BCUT2D eigenvalue weighted by molar-refractivity contribution is 5.99. The van der Waals surface area contributed by atoms with Crippen molar-refractivity contribution in [2.24, 2.45) is 0 Å². The molecule has 2 fully saturated rings. The number of rotatable bonds is 4. The summed E-state index contributed by atoms with van der Waals surface area (Å²) in [6.07, 6.45) is 0.468. The van der Waals surface area contributed by atoms with Crippen LogP contribution in [-0.2, 0) is 14.3 Å². The van der Waals surface area contributed by atoms with Gasteiger partial charge in [-0.2, -0.15) is 0 Å². The van der Waals surface area contributed by atoms with E-state index in [-0.39, 0.29) is 17.8 Å². The molecule has 0 bridgehead atoms. The summed E-state index contributed by atoms with van der Waals surface area (Å²) in [4.78, 5) is 38.2. The van der Waals surface area contributed by atoms with Crippen LogP contribution in [-0.4, -0.2) is 79.6 Å². The lowest BCUT2D eigenvalue weighted by Gasteiger charge is -2.26. The molecule has 2 aliphatic heterocycles. The molecule has 21 heavy (non-hydrogen) atoms. The Morgan fingerprint density at radius 3 is 2.62 bits per heavy atom. The second-order valence-corrected chi connectivity index (χ2v) is 5.20. The second-order valence-electron chi connectivity index (χ2n) is 5.20. The number of carbonyl (C=O) groups excluding carboxylic acids is 3. The zero-order chi connectivity index (χ0) is 15.2. The van der Waals surface area contributed by atoms with Crippen LogP contribution in [0.5, 0.6) is 0 Å². The van der Waals surface area contributed by atoms with Gasteiger partial charge in [-0.25, -0.2) is 4.79 Å². The van der Waals surface area contributed by atoms with Crippen LogP contribution in [0.1, 0.15) is 13.3 Å². The first kappa shape index (κ1) is 15.7. The molecule has 2 heterocycles. The summed E-state index contributed by atoms with van der Waals surface area (Å²) in [6, 6.07) is -0.968. The molecule has 8 heteroatoms. The number of hydrogen-bond donors (Lipinski definition) is 2. The van der Waals surface area contributed by atoms with Crippen molar-refractivity contribution in [3.63, 3.8) is 0 Å². The molecule has 0 aromatic heterocycles. The van der Waals surface area contributed by atoms with Crippen molar-refractivity contribution in [2.75, 3.05) is 45.9 Å². The molecule has 0 spiro atoms. The highest BCUT2D eigenvalue weighted by Crippen LogP contribution is 2.10. The van der Waals surface area contributed by atoms with Crippen LogP contribution < -0.4 is 10.6 Å². The molecule has 2 aliphatic rings. The molecule has 118 valence electrons. The quantitative estimate of drug-likeness (QED) is 0.678. The largest absolute Gasteiger partial charge is 0.379 e. The zero-order valence-corrected chi connectivity index (χ0v) is 12.3. The van der Waals surface area contributed by atoms with E-state index in [1.807, 2.05) is 0 Å². The van der Waals surface area contributed by atoms with Crippen LogP contribution >= 0.6 is 0 Å². The summed E-state index contributed by atoms with van der Waals surface area (Å²) in [7, 11) is 0. The molecule has 0 aromatic rings. The average molecular weight is 298 g/mol. The third-order valence-corrected chi connectivity index (χ3v) is 3.71. The van der Waals surface area contributed by atoms with E-state index in [0.717, 1.165) is 32.8 Å². The molecule has 8 nitrogen and oxygen atoms in total. The fraction of sp³-hybridized carbons (Fsp3) is 0.769. The van der Waals surface area contributed by atoms with Gasteiger partial charge in [0.25, 0.3) is 5.91 Å². The molecule has 1 atom stereocenters. The van der Waals surface area contributed by atoms with Gasteiger partial charge in [0.15, 0.2) is 0 Å². The maximum atomic E-state index is 11.8. The third kappa shape index (κ3) is 4.40. The van der Waals surface area contributed by atoms with Crippen molar-refractivity contribution in [3.05, 3.63) is 0 Å². The van der Waals surface area contributed by atoms with Gasteiger partial charge in [-0.3, -0.25) is 19.4 Å². The highest BCUT2D eigenvalue weighted by atomic mass is 16.5. The van der Waals surface area contributed by atoms with Crippen molar-refractivity contribution >= 4 is 17.8 Å². The fourth-order valence-electron chi connectivity index (χ4n) is 2.49. The smallest absolute Gasteiger partial charge is 0.315 e. The van der Waals surface area contributed by atoms with Crippen molar-refractivity contribution in [3.8, 4) is 0 Å². The van der Waals surface area contributed by atoms with Gasteiger partial charge in [-0.05, 0) is 6.42 Å². The van der Waals surface area contributed by atoms with Crippen LogP contribution in [0.15, 0.2) is 0 Å². The van der Waals surface area contributed by atoms with E-state index in [9.17, 15) is 14.4 Å². The van der Waals surface area contributed by atoms with Crippen LogP contribution in [0.2, 0.25) is 0 Å². The lowest BCUT2D eigenvalue weighted by molar-refractivity contribution is -0.141. The predicted molar refractivity (Wildman–Crippen MR) is 74.6 cm³/mol. The van der Waals surface area contributed by atoms with Crippen LogP contribution in [0.25, 0.3) is 0 Å². The predicted octanol–water partition coefficient (Wildman–Crippen LogP) is -1.23. The number of hydrogen-bond acceptors (Lipinski definition) is 5. The maximum absolute atomic E-state index is 11.8. The normalized spacial score (nSPS) is 23.2. The fourth-order valence-corrected chi connectivity index (χ4v) is 2.49. The maximum Gasteiger partial charge on any atom is 0.315 e. The van der Waals surface area contributed by atoms with Gasteiger partial charge in [0.2, 0.25) is 5.91 Å². The van der Waals surface area contributed by atoms with Gasteiger partial charge < -0.3 is 15.4 Å². The molecule has 0 radical (unpaired) electrons. The summed E-state index contributed by atoms with van der Waals surface area (Å²) in [5.74, 6) is -0.608. The molecule has 0 saturated carbocycles. The van der Waals surface area contributed by atoms with Crippen LogP contribution in [0.3, 0.4) is 0 Å². The monoisotopic (exact) mass is 298 g/mol. The van der Waals surface area contributed by atoms with E-state index in [0.29, 0.717) is 19.5 Å². The van der Waals surface area contributed by atoms with E-state index in [2.05, 4.69) is 15.5 Å². The Morgan fingerprint density at radius 2 is 2.00 bits per heavy atom. The van der Waals surface area contributed by atoms with Crippen molar-refractivity contribution < 1.29 is 19.1 Å². The van der Waals surface area contributed by atoms with E-state index in [1.54, 1.807) is 0 Å². The van der Waals surface area contributed by atoms with Crippen LogP contribution in [0.4, 0.5) is 4.79 Å². The molecule has 0 aromatic carbocycles. The Labute approximate surface area is 123 Å². The van der Waals surface area contributed by atoms with Gasteiger partial charge in [0, 0.05) is 39.6 Å². The number of carbonyl (C=O) groups is 3. The first-order valence-electron chi connectivity index (χ1n) is 7.24. The summed E-state index contributed by atoms with van der Waals surface area (Å²) in [5, 5.41) is 5.35. The Balaban J connectivity index is 1.65. The number of likely N-dealkylation sites (tertiary alicyclic amines) is 1. The minimum atomic E-state index is -0.600. The summed E-state index contributed by atoms with van der Waals surface area (Å²) >= 11 is 0. The molecular formula is C13H22N4O4. The van der Waals surface area contributed by atoms with Gasteiger partial charge in [-0.1, -0.05) is 0 Å². The molecular weight excluding hydrogens is 276 g/mol. The zero-order valence-electron chi connectivity index (χ0n) is 12.3. The minimum absolute atomic E-state index is 0.281. The minimum Gasteiger partial charge on any atom is -0.379 e. The Hall–Kier alpha value is -1.67. The number of morpholine rings is 1. The lowest BCUT2D eigenvalue weighted by Crippen LogP contribution is -2.48. The summed E-state index contributed by atoms with van der Waals surface area (Å²) in [5.41, 5.74) is 0. The van der Waals surface area contributed by atoms with Gasteiger partial charge >= 0.3 is 6.03 Å². The second kappa shape index (κ2) is 7.37. The van der Waals surface area contributed by atoms with Gasteiger partial charge in [0.05, 0.1) is 13.2 Å². The molecule has 0 aliphatic carbocycles. The molecule has 2 saturated heterocycles. The topological polar surface area (TPSA) is 91.0 Å². The van der Waals surface area contributed by atoms with Gasteiger partial charge in [-0.15, -0.1) is 0 Å². The number of nitrogens with zero attached hydrogens (tertiary/aromatic N) is 2. The number of nitrogens with one attached hydrogen (secondary N) is 2. The van der Waals surface area contributed by atoms with Crippen molar-refractivity contribution in [1.29, 1.82) is 0 Å². The number of urea groups is 1. The number of amides is 4. The summed E-state index contributed by atoms with van der Waals surface area (Å²) < 4.78 is 5.25. The van der Waals surface area contributed by atoms with Crippen molar-refractivity contribution in [1.82, 2.24) is 20.4 Å². The number of imide groups is 1. The highest BCUT2D eigenvalue weighted by Gasteiger charge is 2.34. The first-order valence-corrected chi connectivity index (χ1v) is 7.24. The Kier molecular flexibility index (Phi) is 5.51. The molecule has 2 rings (SSSR count). The SMILES string of the molecule is CC(=O)N1CCC(NC(=O)NCCN2CCOCC2)C1=O. The molecule has 4 amide bonds. The molecule has 1 unspecified atom stereocenters. The Morgan fingerprint density at radius 1 is 1.29 bits per heavy atom. The number of ether oxygens (including phenoxy) is 1. The standard InChI is InChI=1S/C13H22N4O4/c1-10(18)17-4-2-11(12(17)19)15-13(20)14-3-5-16-6-8-21-9-7-16/h11H,2-9H2,1H3,(H2,14,15,20). The van der Waals surface area contributed by atoms with E-state index >= 15 is 0 Å². The van der Waals surface area contributed by atoms with E-state index in [1.165, 1.54) is 11.8 Å². The van der Waals surface area contributed by atoms with E-state index < -0.39 is 6.04 Å². The van der Waals surface area contributed by atoms with Crippen LogP contribution in [0, 0.1) is 0 Å². The van der Waals surface area contributed by atoms with E-state index in [4.69, 9.17) is 4.74 Å². The lowest BCUT2D eigenvalue weighted by atomic mass is 10.2. The molecule has 2 N–H and O–H groups in total. The average Bonchev–Trinajstić information content (AvgIpc) is 2.81. The first-order chi connectivity index (χ1) is 10.1. The third-order valence-electron chi connectivity index (χ3n) is 3.71.